The molecule has 0 fully saturated rings. The van der Waals surface area contributed by atoms with Crippen LogP contribution in [-0.2, 0) is 47.9 Å². The SMILES string of the molecule is CCC(C)C(NC(=O)C(NC(=O)C(C)NC(=O)CC(C)O)C(C)C)C(=O)NCC(=O)NC(CCCCN)C(=O)NC(C(=O)NC(C)C(=O)NC(CCC(N)=O)C(=O)O)C(C)O. The highest BCUT2D eigenvalue weighted by molar-refractivity contribution is 5.97. The molecule has 10 unspecified atom stereocenters. The molecule has 348 valence electrons. The third-order valence-electron chi connectivity index (χ3n) is 9.42. The number of carbonyl (C=O) groups is 10. The number of unbranched alkanes of at least 4 members (excludes halogenated alkanes) is 1. The first-order valence-corrected chi connectivity index (χ1v) is 20.3. The number of primary amides is 1. The standard InChI is InChI=1S/C38H68N10O13/c1-9-19(4)30(47-36(58)29(18(2)3)46-33(55)21(6)42-27(52)16-20(5)49)35(57)41-17-28(53)44-24(12-10-11-15-39)34(56)48-31(23(8)50)37(59)43-22(7)32(54)45-25(38(60)61)13-14-26(40)51/h18-25,29-31,49-50H,9-17,39H2,1-8H3,(H2,40,51)(H,41,57)(H,42,52)(H,43,59)(H,44,53)(H,45,54)(H,46,55)(H,47,58)(H,48,56)(H,60,61). The average molecular weight is 873 g/mol. The minimum Gasteiger partial charge on any atom is -0.480 e. The summed E-state index contributed by atoms with van der Waals surface area (Å²) < 4.78 is 0. The summed E-state index contributed by atoms with van der Waals surface area (Å²) in [7, 11) is 0. The van der Waals surface area contributed by atoms with Crippen LogP contribution in [0.15, 0.2) is 0 Å². The Kier molecular flexibility index (Phi) is 25.7. The molecular weight excluding hydrogens is 804 g/mol. The van der Waals surface area contributed by atoms with E-state index in [9.17, 15) is 63.3 Å². The van der Waals surface area contributed by atoms with Crippen LogP contribution >= 0.6 is 0 Å². The predicted molar refractivity (Wildman–Crippen MR) is 219 cm³/mol. The molecule has 0 aromatic heterocycles. The number of amides is 9. The van der Waals surface area contributed by atoms with Gasteiger partial charge in [-0.25, -0.2) is 4.79 Å². The van der Waals surface area contributed by atoms with Gasteiger partial charge in [-0.2, -0.15) is 0 Å². The van der Waals surface area contributed by atoms with Crippen LogP contribution < -0.4 is 54.0 Å². The van der Waals surface area contributed by atoms with E-state index in [0.717, 1.165) is 0 Å². The van der Waals surface area contributed by atoms with E-state index >= 15 is 0 Å². The van der Waals surface area contributed by atoms with Crippen molar-refractivity contribution in [3.05, 3.63) is 0 Å². The Morgan fingerprint density at radius 1 is 0.574 bits per heavy atom. The Bertz CT molecular complexity index is 1530. The molecule has 0 aliphatic rings. The molecule has 0 saturated carbocycles. The summed E-state index contributed by atoms with van der Waals surface area (Å²) in [5.41, 5.74) is 10.7. The van der Waals surface area contributed by atoms with Crippen LogP contribution in [0.2, 0.25) is 0 Å². The number of nitrogens with two attached hydrogens (primary N) is 2. The second-order valence-corrected chi connectivity index (χ2v) is 15.4. The van der Waals surface area contributed by atoms with Gasteiger partial charge in [0.1, 0.15) is 42.3 Å². The van der Waals surface area contributed by atoms with Crippen LogP contribution in [-0.4, -0.2) is 142 Å². The first kappa shape index (κ1) is 55.6. The molecule has 0 heterocycles. The van der Waals surface area contributed by atoms with E-state index in [1.165, 1.54) is 27.7 Å². The lowest BCUT2D eigenvalue weighted by molar-refractivity contribution is -0.142. The predicted octanol–water partition coefficient (Wildman–Crippen LogP) is -4.13. The molecule has 10 atom stereocenters. The van der Waals surface area contributed by atoms with Crippen LogP contribution in [0.1, 0.15) is 100 Å². The molecule has 0 bridgehead atoms. The zero-order valence-corrected chi connectivity index (χ0v) is 36.3. The smallest absolute Gasteiger partial charge is 0.326 e. The largest absolute Gasteiger partial charge is 0.480 e. The Hall–Kier alpha value is -5.42. The zero-order chi connectivity index (χ0) is 47.1. The van der Waals surface area contributed by atoms with Gasteiger partial charge < -0.3 is 69.3 Å². The summed E-state index contributed by atoms with van der Waals surface area (Å²) in [4.78, 5) is 127. The third kappa shape index (κ3) is 21.6. The van der Waals surface area contributed by atoms with Crippen molar-refractivity contribution < 1.29 is 63.3 Å². The molecule has 0 rings (SSSR count). The highest BCUT2D eigenvalue weighted by atomic mass is 16.4. The summed E-state index contributed by atoms with van der Waals surface area (Å²) >= 11 is 0. The van der Waals surface area contributed by atoms with Gasteiger partial charge in [0.05, 0.1) is 25.2 Å². The fourth-order valence-corrected chi connectivity index (χ4v) is 5.55. The van der Waals surface area contributed by atoms with E-state index < -0.39 is 132 Å². The summed E-state index contributed by atoms with van der Waals surface area (Å²) in [6.07, 6.45) is -2.10. The van der Waals surface area contributed by atoms with Gasteiger partial charge in [0.25, 0.3) is 0 Å². The Balaban J connectivity index is 5.81. The highest BCUT2D eigenvalue weighted by Crippen LogP contribution is 2.11. The second kappa shape index (κ2) is 28.2. The maximum Gasteiger partial charge on any atom is 0.326 e. The monoisotopic (exact) mass is 872 g/mol. The van der Waals surface area contributed by atoms with Gasteiger partial charge in [-0.05, 0) is 71.8 Å². The molecule has 0 aromatic carbocycles. The molecule has 0 aromatic rings. The van der Waals surface area contributed by atoms with Crippen molar-refractivity contribution in [3.63, 3.8) is 0 Å². The van der Waals surface area contributed by atoms with E-state index in [-0.39, 0.29) is 32.2 Å². The minimum absolute atomic E-state index is 0.0221. The molecular formula is C38H68N10O13. The summed E-state index contributed by atoms with van der Waals surface area (Å²) in [6.45, 7) is 11.6. The van der Waals surface area contributed by atoms with Gasteiger partial charge >= 0.3 is 5.97 Å². The molecule has 15 N–H and O–H groups in total. The Morgan fingerprint density at radius 3 is 1.62 bits per heavy atom. The van der Waals surface area contributed by atoms with Crippen molar-refractivity contribution >= 4 is 59.1 Å². The molecule has 23 heteroatoms. The number of aliphatic hydroxyl groups excluding tert-OH is 2. The normalized spacial score (nSPS) is 16.0. The number of hydrogen-bond donors (Lipinski definition) is 13. The lowest BCUT2D eigenvalue weighted by Gasteiger charge is -2.29. The number of rotatable bonds is 29. The quantitative estimate of drug-likeness (QED) is 0.0318. The van der Waals surface area contributed by atoms with E-state index in [0.29, 0.717) is 19.3 Å². The molecule has 0 radical (unpaired) electrons. The summed E-state index contributed by atoms with van der Waals surface area (Å²) in [6, 6.07) is -9.16. The van der Waals surface area contributed by atoms with Crippen LogP contribution in [0.4, 0.5) is 0 Å². The number of hydrogen-bond acceptors (Lipinski definition) is 13. The third-order valence-corrected chi connectivity index (χ3v) is 9.42. The number of carboxylic acids is 1. The Labute approximate surface area is 355 Å². The molecule has 0 aliphatic carbocycles. The van der Waals surface area contributed by atoms with Crippen LogP contribution in [0.25, 0.3) is 0 Å². The van der Waals surface area contributed by atoms with E-state index in [1.54, 1.807) is 27.7 Å². The molecule has 0 saturated heterocycles. The maximum absolute atomic E-state index is 13.5. The van der Waals surface area contributed by atoms with Crippen LogP contribution in [0.3, 0.4) is 0 Å². The highest BCUT2D eigenvalue weighted by Gasteiger charge is 2.34. The van der Waals surface area contributed by atoms with Gasteiger partial charge in [0.2, 0.25) is 53.2 Å². The van der Waals surface area contributed by atoms with Gasteiger partial charge in [-0.3, -0.25) is 43.2 Å². The number of carbonyl (C=O) groups excluding carboxylic acids is 9. The molecule has 61 heavy (non-hydrogen) atoms. The molecule has 23 nitrogen and oxygen atoms in total. The van der Waals surface area contributed by atoms with Crippen molar-refractivity contribution in [2.45, 2.75) is 155 Å². The van der Waals surface area contributed by atoms with E-state index in [1.807, 2.05) is 0 Å². The number of aliphatic hydroxyl groups is 2. The molecule has 0 spiro atoms. The van der Waals surface area contributed by atoms with Crippen molar-refractivity contribution in [2.75, 3.05) is 13.1 Å². The van der Waals surface area contributed by atoms with Crippen LogP contribution in [0, 0.1) is 11.8 Å². The van der Waals surface area contributed by atoms with Crippen molar-refractivity contribution in [1.29, 1.82) is 0 Å². The molecule has 0 aliphatic heterocycles. The lowest BCUT2D eigenvalue weighted by Crippen LogP contribution is -2.60. The van der Waals surface area contributed by atoms with E-state index in [4.69, 9.17) is 11.5 Å². The minimum atomic E-state index is -1.65. The van der Waals surface area contributed by atoms with Crippen molar-refractivity contribution in [3.8, 4) is 0 Å². The topological polar surface area (TPSA) is 380 Å². The van der Waals surface area contributed by atoms with Crippen LogP contribution in [0.5, 0.6) is 0 Å². The van der Waals surface area contributed by atoms with E-state index in [2.05, 4.69) is 42.5 Å². The fourth-order valence-electron chi connectivity index (χ4n) is 5.55. The summed E-state index contributed by atoms with van der Waals surface area (Å²) in [5, 5.41) is 48.6. The van der Waals surface area contributed by atoms with Crippen molar-refractivity contribution in [1.82, 2.24) is 42.5 Å². The fraction of sp³-hybridized carbons (Fsp3) is 0.737. The van der Waals surface area contributed by atoms with Gasteiger partial charge in [0.15, 0.2) is 0 Å². The first-order chi connectivity index (χ1) is 28.4. The maximum atomic E-state index is 13.5. The second-order valence-electron chi connectivity index (χ2n) is 15.4. The van der Waals surface area contributed by atoms with Gasteiger partial charge in [-0.15, -0.1) is 0 Å². The van der Waals surface area contributed by atoms with Gasteiger partial charge in [0, 0.05) is 6.42 Å². The van der Waals surface area contributed by atoms with Crippen molar-refractivity contribution in [2.24, 2.45) is 23.3 Å². The summed E-state index contributed by atoms with van der Waals surface area (Å²) in [5.74, 6) is -9.57. The lowest BCUT2D eigenvalue weighted by atomic mass is 9.96. The average Bonchev–Trinajstić information content (AvgIpc) is 3.16. The molecule has 9 amide bonds. The number of carboxylic acid groups (broad SMARTS) is 1. The Morgan fingerprint density at radius 2 is 1.11 bits per heavy atom. The first-order valence-electron chi connectivity index (χ1n) is 20.3. The number of aliphatic carboxylic acids is 1. The zero-order valence-electron chi connectivity index (χ0n) is 36.3. The number of nitrogens with one attached hydrogen (secondary N) is 8. The van der Waals surface area contributed by atoms with Gasteiger partial charge in [-0.1, -0.05) is 34.1 Å².